The van der Waals surface area contributed by atoms with E-state index >= 15 is 0 Å². The van der Waals surface area contributed by atoms with Gasteiger partial charge < -0.3 is 0 Å². The fourth-order valence-corrected chi connectivity index (χ4v) is 36.6. The summed E-state index contributed by atoms with van der Waals surface area (Å²) in [7, 11) is 0. The van der Waals surface area contributed by atoms with E-state index in [1.165, 1.54) is 19.3 Å². The molecule has 0 aromatic rings. The van der Waals surface area contributed by atoms with Gasteiger partial charge in [0.1, 0.15) is 0 Å². The van der Waals surface area contributed by atoms with Crippen LogP contribution in [0.15, 0.2) is 0 Å². The molecular formula is C124H250. The molecule has 0 aromatic heterocycles. The van der Waals surface area contributed by atoms with E-state index in [9.17, 15) is 0 Å². The van der Waals surface area contributed by atoms with Crippen LogP contribution < -0.4 is 0 Å². The van der Waals surface area contributed by atoms with Crippen molar-refractivity contribution in [2.75, 3.05) is 0 Å². The van der Waals surface area contributed by atoms with Gasteiger partial charge in [-0.15, -0.1) is 0 Å². The molecule has 0 saturated carbocycles. The summed E-state index contributed by atoms with van der Waals surface area (Å²) in [6.07, 6.45) is 3.93. The first-order valence-corrected chi connectivity index (χ1v) is 56.4. The van der Waals surface area contributed by atoms with E-state index in [-0.39, 0.29) is 5.41 Å². The van der Waals surface area contributed by atoms with Crippen molar-refractivity contribution >= 4 is 0 Å². The molecule has 0 radical (unpaired) electrons. The van der Waals surface area contributed by atoms with Crippen LogP contribution in [0.3, 0.4) is 0 Å². The third kappa shape index (κ3) is 31.3. The number of hydrogen-bond donors (Lipinski definition) is 0. The molecule has 0 saturated heterocycles. The van der Waals surface area contributed by atoms with E-state index in [1.807, 2.05) is 0 Å². The Morgan fingerprint density at radius 1 is 0.113 bits per heavy atom. The van der Waals surface area contributed by atoms with Gasteiger partial charge in [-0.25, -0.2) is 0 Å². The Hall–Kier alpha value is 0. The SMILES string of the molecule is CC(C)CC(C(C(C)C)C(C)C)C(C(CC(C(C(C(C(C)C)C(C)C)C(C(C)C)C(C)C)C(C(C(C)C)C(C)C)C(C(C)C)C(C)C)C(C(C(C(C)C)C(C)C)C(C(C)C)C(C)C)C(C(C(C)C)C(C)C)C(C(C)C)C(C)C)C(C(C(C(C)C)C(C)C)C(C(C)C)C(C)C)C(C(C(C)C)C(C)C)C(C(C)C)C(C)C)C(CC(C)C)(C(C)C)C(C(C)C)C(C)C. The maximum absolute atomic E-state index is 2.95. The first-order valence-electron chi connectivity index (χ1n) is 56.4. The van der Waals surface area contributed by atoms with E-state index < -0.39 is 0 Å². The van der Waals surface area contributed by atoms with Crippen LogP contribution in [0.5, 0.6) is 0 Å². The Balaban J connectivity index is 16.0. The summed E-state index contributed by atoms with van der Waals surface area (Å²) in [4.78, 5) is 0. The van der Waals surface area contributed by atoms with Crippen LogP contribution in [-0.4, -0.2) is 0 Å². The lowest BCUT2D eigenvalue weighted by Crippen LogP contribution is -2.61. The number of hydrogen-bond acceptors (Lipinski definition) is 0. The van der Waals surface area contributed by atoms with Crippen LogP contribution in [0.2, 0.25) is 0 Å². The van der Waals surface area contributed by atoms with Gasteiger partial charge in [-0.05, 0) is 368 Å². The molecule has 746 valence electrons. The van der Waals surface area contributed by atoms with Crippen LogP contribution in [0.1, 0.15) is 449 Å². The Bertz CT molecular complexity index is 2230. The molecule has 0 heterocycles. The molecule has 0 amide bonds. The fraction of sp³-hybridized carbons (Fsp3) is 1.00. The van der Waals surface area contributed by atoms with Gasteiger partial charge >= 0.3 is 0 Å². The zero-order valence-corrected chi connectivity index (χ0v) is 98.1. The first kappa shape index (κ1) is 124. The summed E-state index contributed by atoms with van der Waals surface area (Å²) >= 11 is 0. The van der Waals surface area contributed by atoms with Crippen LogP contribution in [0.25, 0.3) is 0 Å². The van der Waals surface area contributed by atoms with Crippen LogP contribution in [-0.2, 0) is 0 Å². The molecule has 0 aliphatic heterocycles. The van der Waals surface area contributed by atoms with Crippen molar-refractivity contribution in [3.05, 3.63) is 0 Å². The average molecular weight is 1740 g/mol. The summed E-state index contributed by atoms with van der Waals surface area (Å²) < 4.78 is 0. The molecule has 0 fully saturated rings. The lowest BCUT2D eigenvalue weighted by molar-refractivity contribution is -0.186. The van der Waals surface area contributed by atoms with Gasteiger partial charge in [0.2, 0.25) is 0 Å². The molecule has 0 heteroatoms. The van der Waals surface area contributed by atoms with Crippen molar-refractivity contribution in [2.24, 2.45) is 349 Å². The topological polar surface area (TPSA) is 0 Å². The molecule has 0 aliphatic rings. The molecule has 0 aliphatic carbocycles. The van der Waals surface area contributed by atoms with Gasteiger partial charge in [0.05, 0.1) is 0 Å². The highest BCUT2D eigenvalue weighted by atomic mass is 14.7. The van der Waals surface area contributed by atoms with Crippen LogP contribution in [0, 0.1) is 349 Å². The smallest absolute Gasteiger partial charge is 0.0205 e. The molecule has 0 spiro atoms. The highest BCUT2D eigenvalue weighted by Crippen LogP contribution is 2.71. The molecule has 4 atom stereocenters. The lowest BCUT2D eigenvalue weighted by atomic mass is 9.39. The second-order valence-corrected chi connectivity index (χ2v) is 56.3. The first-order chi connectivity index (χ1) is 56.4. The highest BCUT2D eigenvalue weighted by Gasteiger charge is 2.66. The summed E-state index contributed by atoms with van der Waals surface area (Å²) in [5, 5.41) is 0. The number of rotatable bonds is 61. The summed E-state index contributed by atoms with van der Waals surface area (Å²) in [5.41, 5.74) is -0.0446. The standard InChI is InChI=1S/C124H250/c1-66(2)63-98(100(68(5)6)69(7)8)123(124(96(61)62,65-67(3)4)122(94(57)58)95(59)60)99(115(120(109(86(41)42)87(43)44)110(88(45)46)89(47)48)121(111(90(49)50)91(51)52)112(92(53)54)93(55)56)64-97(113(116(101(70(9)10)71(11)12)102(72(13)14)73(15)16)117(103(74(17)18)75(19)20)104(76(21)22)77(23)24)114(118(105(78(25)26)79(27)28)106(80(29)30)81(31)32)119(107(82(33)34)83(35)36)108(84(37)38)85(39)40/h66-123H,63-65H2,1-62H3. The van der Waals surface area contributed by atoms with E-state index in [0.717, 1.165) is 0 Å². The summed E-state index contributed by atoms with van der Waals surface area (Å²) in [6, 6.07) is 0. The average Bonchev–Trinajstić information content (AvgIpc) is 0.710. The van der Waals surface area contributed by atoms with Gasteiger partial charge in [-0.2, -0.15) is 0 Å². The second kappa shape index (κ2) is 54.7. The predicted octanol–water partition coefficient (Wildman–Crippen LogP) is 40.1. The third-order valence-corrected chi connectivity index (χ3v) is 36.7. The second-order valence-electron chi connectivity index (χ2n) is 56.3. The Morgan fingerprint density at radius 2 is 0.250 bits per heavy atom. The van der Waals surface area contributed by atoms with E-state index in [1.54, 1.807) is 0 Å². The molecule has 124 heavy (non-hydrogen) atoms. The molecule has 0 N–H and O–H groups in total. The quantitative estimate of drug-likeness (QED) is 0.0569. The Labute approximate surface area is 792 Å². The van der Waals surface area contributed by atoms with Gasteiger partial charge in [-0.3, -0.25) is 0 Å². The van der Waals surface area contributed by atoms with Gasteiger partial charge in [0, 0.05) is 0 Å². The van der Waals surface area contributed by atoms with Gasteiger partial charge in [0.25, 0.3) is 0 Å². The maximum atomic E-state index is 2.95. The molecule has 0 aromatic carbocycles. The fourth-order valence-electron chi connectivity index (χ4n) is 36.6. The highest BCUT2D eigenvalue weighted by molar-refractivity contribution is 5.13. The van der Waals surface area contributed by atoms with Crippen molar-refractivity contribution in [2.45, 2.75) is 449 Å². The van der Waals surface area contributed by atoms with Crippen molar-refractivity contribution in [1.29, 1.82) is 0 Å². The zero-order chi connectivity index (χ0) is 98.1. The molecule has 0 rings (SSSR count). The van der Waals surface area contributed by atoms with Crippen molar-refractivity contribution < 1.29 is 0 Å². The predicted molar refractivity (Wildman–Crippen MR) is 570 cm³/mol. The molecule has 4 unspecified atom stereocenters. The van der Waals surface area contributed by atoms with Crippen LogP contribution in [0.4, 0.5) is 0 Å². The van der Waals surface area contributed by atoms with Crippen molar-refractivity contribution in [3.63, 3.8) is 0 Å². The van der Waals surface area contributed by atoms with Crippen molar-refractivity contribution in [1.82, 2.24) is 0 Å². The molecule has 0 nitrogen and oxygen atoms in total. The maximum Gasteiger partial charge on any atom is -0.0205 e. The van der Waals surface area contributed by atoms with Gasteiger partial charge in [0.15, 0.2) is 0 Å². The normalized spacial score (nSPS) is 15.8. The zero-order valence-electron chi connectivity index (χ0n) is 98.1. The monoisotopic (exact) mass is 1740 g/mol. The minimum atomic E-state index is -0.0446. The van der Waals surface area contributed by atoms with Gasteiger partial charge in [-0.1, -0.05) is 429 Å². The summed E-state index contributed by atoms with van der Waals surface area (Å²) in [6.45, 7) is 175. The van der Waals surface area contributed by atoms with E-state index in [4.69, 9.17) is 0 Å². The minimum absolute atomic E-state index is 0.0446. The van der Waals surface area contributed by atoms with E-state index in [2.05, 4.69) is 429 Å². The van der Waals surface area contributed by atoms with Crippen LogP contribution >= 0.6 is 0 Å². The Kier molecular flexibility index (Phi) is 54.7. The third-order valence-electron chi connectivity index (χ3n) is 36.7. The lowest BCUT2D eigenvalue weighted by Gasteiger charge is -2.66. The largest absolute Gasteiger partial charge is 0.0628 e. The van der Waals surface area contributed by atoms with E-state index in [0.29, 0.717) is 343 Å². The molecule has 0 bridgehead atoms. The molecular weight excluding hydrogens is 1490 g/mol. The minimum Gasteiger partial charge on any atom is -0.0628 e. The Morgan fingerprint density at radius 3 is 0.363 bits per heavy atom. The van der Waals surface area contributed by atoms with Crippen molar-refractivity contribution in [3.8, 4) is 0 Å². The summed E-state index contributed by atoms with van der Waals surface area (Å²) in [5.74, 6) is 28.6.